The predicted octanol–water partition coefficient (Wildman–Crippen LogP) is 2.75. The smallest absolute Gasteiger partial charge is 0.319 e. The van der Waals surface area contributed by atoms with Gasteiger partial charge in [-0.25, -0.2) is 27.3 Å². The molecule has 0 atom stereocenters. The highest BCUT2D eigenvalue weighted by molar-refractivity contribution is 7.89. The summed E-state index contributed by atoms with van der Waals surface area (Å²) in [6.07, 6.45) is 1.93. The zero-order valence-electron chi connectivity index (χ0n) is 15.5. The summed E-state index contributed by atoms with van der Waals surface area (Å²) < 4.78 is 43.9. The number of anilines is 1. The molecule has 0 radical (unpaired) electrons. The lowest BCUT2D eigenvalue weighted by Crippen LogP contribution is -2.30. The van der Waals surface area contributed by atoms with Crippen LogP contribution >= 0.6 is 0 Å². The van der Waals surface area contributed by atoms with E-state index in [0.29, 0.717) is 35.8 Å². The van der Waals surface area contributed by atoms with Gasteiger partial charge in [0.25, 0.3) is 0 Å². The van der Waals surface area contributed by atoms with Gasteiger partial charge in [0, 0.05) is 24.2 Å². The number of nitrogens with zero attached hydrogens (tertiary/aromatic N) is 1. The van der Waals surface area contributed by atoms with Crippen LogP contribution in [0.3, 0.4) is 0 Å². The van der Waals surface area contributed by atoms with E-state index in [4.69, 9.17) is 4.42 Å². The van der Waals surface area contributed by atoms with Crippen molar-refractivity contribution in [3.63, 3.8) is 0 Å². The monoisotopic (exact) mass is 418 g/mol. The maximum Gasteiger partial charge on any atom is 0.319 e. The van der Waals surface area contributed by atoms with Crippen molar-refractivity contribution in [2.24, 2.45) is 0 Å². The van der Waals surface area contributed by atoms with Gasteiger partial charge < -0.3 is 15.1 Å². The van der Waals surface area contributed by atoms with Crippen LogP contribution in [0.1, 0.15) is 5.69 Å². The molecule has 0 spiro atoms. The van der Waals surface area contributed by atoms with E-state index < -0.39 is 16.1 Å². The van der Waals surface area contributed by atoms with Crippen molar-refractivity contribution in [2.75, 3.05) is 18.9 Å². The largest absolute Gasteiger partial charge is 0.444 e. The number of amides is 2. The number of benzene rings is 2. The van der Waals surface area contributed by atoms with E-state index in [9.17, 15) is 17.6 Å². The summed E-state index contributed by atoms with van der Waals surface area (Å²) in [5, 5.41) is 5.30. The molecule has 0 aliphatic heterocycles. The van der Waals surface area contributed by atoms with Crippen LogP contribution in [0.2, 0.25) is 0 Å². The Kier molecular flexibility index (Phi) is 6.25. The summed E-state index contributed by atoms with van der Waals surface area (Å²) in [5.41, 5.74) is 1.76. The number of halogens is 1. The number of sulfonamides is 1. The minimum absolute atomic E-state index is 0.106. The molecule has 2 aromatic carbocycles. The van der Waals surface area contributed by atoms with Gasteiger partial charge in [0.05, 0.1) is 10.6 Å². The molecular weight excluding hydrogens is 399 g/mol. The molecule has 0 bridgehead atoms. The number of carbonyl (C=O) groups excluding carboxylic acids is 1. The Bertz CT molecular complexity index is 1080. The summed E-state index contributed by atoms with van der Waals surface area (Å²) in [6, 6.07) is 11.1. The molecule has 1 aromatic heterocycles. The first-order valence-electron chi connectivity index (χ1n) is 8.66. The predicted molar refractivity (Wildman–Crippen MR) is 105 cm³/mol. The fourth-order valence-corrected chi connectivity index (χ4v) is 3.19. The Balaban J connectivity index is 1.48. The van der Waals surface area contributed by atoms with Crippen molar-refractivity contribution in [2.45, 2.75) is 11.3 Å². The van der Waals surface area contributed by atoms with Gasteiger partial charge in [-0.2, -0.15) is 0 Å². The summed E-state index contributed by atoms with van der Waals surface area (Å²) >= 11 is 0. The molecule has 0 aliphatic carbocycles. The van der Waals surface area contributed by atoms with Gasteiger partial charge in [-0.15, -0.1) is 0 Å². The van der Waals surface area contributed by atoms with Crippen molar-refractivity contribution in [3.8, 4) is 11.5 Å². The quantitative estimate of drug-likeness (QED) is 0.546. The molecule has 152 valence electrons. The maximum absolute atomic E-state index is 13.0. The molecule has 8 nitrogen and oxygen atoms in total. The zero-order chi connectivity index (χ0) is 20.9. The second-order valence-corrected chi connectivity index (χ2v) is 7.90. The van der Waals surface area contributed by atoms with Gasteiger partial charge in [-0.1, -0.05) is 0 Å². The topological polar surface area (TPSA) is 113 Å². The van der Waals surface area contributed by atoms with Gasteiger partial charge in [-0.05, 0) is 55.6 Å². The summed E-state index contributed by atoms with van der Waals surface area (Å²) in [7, 11) is -2.20. The van der Waals surface area contributed by atoms with Crippen molar-refractivity contribution in [1.29, 1.82) is 0 Å². The van der Waals surface area contributed by atoms with Crippen LogP contribution in [0.4, 0.5) is 14.9 Å². The normalized spacial score (nSPS) is 11.2. The highest BCUT2D eigenvalue weighted by Crippen LogP contribution is 2.19. The highest BCUT2D eigenvalue weighted by atomic mass is 32.2. The number of hydrogen-bond acceptors (Lipinski definition) is 5. The Morgan fingerprint density at radius 3 is 2.45 bits per heavy atom. The first-order chi connectivity index (χ1) is 13.9. The third-order valence-electron chi connectivity index (χ3n) is 4.00. The summed E-state index contributed by atoms with van der Waals surface area (Å²) in [6.45, 7) is 0.313. The van der Waals surface area contributed by atoms with Crippen molar-refractivity contribution >= 4 is 21.7 Å². The lowest BCUT2D eigenvalue weighted by molar-refractivity contribution is 0.252. The third kappa shape index (κ3) is 5.39. The van der Waals surface area contributed by atoms with Crippen LogP contribution in [-0.2, 0) is 16.4 Å². The van der Waals surface area contributed by atoms with E-state index in [2.05, 4.69) is 20.3 Å². The lowest BCUT2D eigenvalue weighted by atomic mass is 10.2. The second-order valence-electron chi connectivity index (χ2n) is 6.01. The van der Waals surface area contributed by atoms with E-state index in [0.717, 1.165) is 0 Å². The molecule has 0 saturated carbocycles. The molecule has 2 amide bonds. The Labute approximate surface area is 167 Å². The van der Waals surface area contributed by atoms with Gasteiger partial charge in [0.2, 0.25) is 15.9 Å². The molecule has 3 rings (SSSR count). The number of rotatable bonds is 7. The first kappa shape index (κ1) is 20.5. The number of nitrogens with one attached hydrogen (secondary N) is 3. The van der Waals surface area contributed by atoms with Crippen molar-refractivity contribution < 1.29 is 22.0 Å². The molecule has 0 unspecified atom stereocenters. The van der Waals surface area contributed by atoms with Crippen LogP contribution in [0, 0.1) is 5.82 Å². The van der Waals surface area contributed by atoms with E-state index in [1.54, 1.807) is 12.1 Å². The van der Waals surface area contributed by atoms with Crippen LogP contribution in [0.5, 0.6) is 0 Å². The lowest BCUT2D eigenvalue weighted by Gasteiger charge is -2.08. The van der Waals surface area contributed by atoms with Gasteiger partial charge in [-0.3, -0.25) is 0 Å². The Morgan fingerprint density at radius 1 is 1.10 bits per heavy atom. The fourth-order valence-electron chi connectivity index (χ4n) is 2.46. The second kappa shape index (κ2) is 8.84. The minimum atomic E-state index is -3.52. The van der Waals surface area contributed by atoms with E-state index in [1.807, 2.05) is 0 Å². The molecular formula is C19H19FN4O4S. The summed E-state index contributed by atoms with van der Waals surface area (Å²) in [4.78, 5) is 16.4. The third-order valence-corrected chi connectivity index (χ3v) is 5.43. The van der Waals surface area contributed by atoms with Crippen LogP contribution in [0.15, 0.2) is 64.1 Å². The average Bonchev–Trinajstić information content (AvgIpc) is 3.18. The molecule has 3 N–H and O–H groups in total. The minimum Gasteiger partial charge on any atom is -0.444 e. The molecule has 0 saturated heterocycles. The molecule has 1 heterocycles. The Hall–Kier alpha value is -3.24. The molecule has 0 aliphatic rings. The van der Waals surface area contributed by atoms with Crippen LogP contribution in [0.25, 0.3) is 11.5 Å². The van der Waals surface area contributed by atoms with Gasteiger partial charge in [0.15, 0.2) is 0 Å². The first-order valence-corrected chi connectivity index (χ1v) is 10.1. The standard InChI is InChI=1S/C19H19FN4O4S/c1-21-29(26,27)17-8-6-15(7-9-17)24-19(25)22-11-10-16-12-28-18(23-16)13-2-4-14(20)5-3-13/h2-9,12,21H,10-11H2,1H3,(H2,22,24,25). The zero-order valence-corrected chi connectivity index (χ0v) is 16.3. The average molecular weight is 418 g/mol. The molecule has 0 fully saturated rings. The van der Waals surface area contributed by atoms with Gasteiger partial charge in [0.1, 0.15) is 12.1 Å². The maximum atomic E-state index is 13.0. The number of hydrogen-bond donors (Lipinski definition) is 3. The van der Waals surface area contributed by atoms with Crippen LogP contribution in [-0.4, -0.2) is 33.0 Å². The molecule has 29 heavy (non-hydrogen) atoms. The van der Waals surface area contributed by atoms with Crippen molar-refractivity contribution in [3.05, 3.63) is 66.3 Å². The van der Waals surface area contributed by atoms with Gasteiger partial charge >= 0.3 is 6.03 Å². The number of aromatic nitrogens is 1. The van der Waals surface area contributed by atoms with E-state index in [1.165, 1.54) is 49.7 Å². The van der Waals surface area contributed by atoms with E-state index >= 15 is 0 Å². The fraction of sp³-hybridized carbons (Fsp3) is 0.158. The molecule has 3 aromatic rings. The van der Waals surface area contributed by atoms with Crippen molar-refractivity contribution in [1.82, 2.24) is 15.0 Å². The Morgan fingerprint density at radius 2 is 1.79 bits per heavy atom. The SMILES string of the molecule is CNS(=O)(=O)c1ccc(NC(=O)NCCc2coc(-c3ccc(F)cc3)n2)cc1. The van der Waals surface area contributed by atoms with E-state index in [-0.39, 0.29) is 10.7 Å². The van der Waals surface area contributed by atoms with Crippen LogP contribution < -0.4 is 15.4 Å². The highest BCUT2D eigenvalue weighted by Gasteiger charge is 2.11. The summed E-state index contributed by atoms with van der Waals surface area (Å²) in [5.74, 6) is 0.0371. The number of oxazole rings is 1. The molecule has 10 heteroatoms. The number of carbonyl (C=O) groups is 1. The number of urea groups is 1.